The fraction of sp³-hybridized carbons (Fsp3) is 0.304. The second kappa shape index (κ2) is 9.31. The third-order valence-electron chi connectivity index (χ3n) is 4.65. The molecule has 0 radical (unpaired) electrons. The van der Waals surface area contributed by atoms with E-state index in [1.165, 1.54) is 6.92 Å². The number of nitrogens with zero attached hydrogens (tertiary/aromatic N) is 3. The molecule has 0 aliphatic carbocycles. The number of benzene rings is 1. The summed E-state index contributed by atoms with van der Waals surface area (Å²) in [6.45, 7) is 7.58. The van der Waals surface area contributed by atoms with Crippen molar-refractivity contribution in [2.45, 2.75) is 45.6 Å². The summed E-state index contributed by atoms with van der Waals surface area (Å²) in [6.07, 6.45) is 1.73. The number of carbonyl (C=O) groups excluding carboxylic acids is 2. The molecule has 1 unspecified atom stereocenters. The van der Waals surface area contributed by atoms with E-state index in [-0.39, 0.29) is 23.7 Å². The average Bonchev–Trinajstić information content (AvgIpc) is 3.12. The number of amides is 2. The molecule has 2 heterocycles. The lowest BCUT2D eigenvalue weighted by molar-refractivity contribution is -0.120. The topological polar surface area (TPSA) is 88.9 Å². The summed E-state index contributed by atoms with van der Waals surface area (Å²) in [5, 5.41) is 11.0. The van der Waals surface area contributed by atoms with Crippen LogP contribution >= 0.6 is 11.6 Å². The fourth-order valence-electron chi connectivity index (χ4n) is 3.06. The summed E-state index contributed by atoms with van der Waals surface area (Å²) in [6, 6.07) is 13.9. The van der Waals surface area contributed by atoms with Crippen molar-refractivity contribution in [2.75, 3.05) is 5.32 Å². The summed E-state index contributed by atoms with van der Waals surface area (Å²) in [4.78, 5) is 29.0. The first-order valence-corrected chi connectivity index (χ1v) is 10.4. The van der Waals surface area contributed by atoms with E-state index >= 15 is 0 Å². The largest absolute Gasteiger partial charge is 0.349 e. The van der Waals surface area contributed by atoms with Crippen LogP contribution < -0.4 is 10.6 Å². The molecule has 7 nitrogen and oxygen atoms in total. The van der Waals surface area contributed by atoms with Gasteiger partial charge in [0.1, 0.15) is 5.82 Å². The molecule has 0 aliphatic heterocycles. The zero-order chi connectivity index (χ0) is 22.6. The van der Waals surface area contributed by atoms with Crippen LogP contribution in [0.1, 0.15) is 51.4 Å². The van der Waals surface area contributed by atoms with Crippen LogP contribution in [0, 0.1) is 0 Å². The Morgan fingerprint density at radius 1 is 1.13 bits per heavy atom. The van der Waals surface area contributed by atoms with Gasteiger partial charge in [0.15, 0.2) is 5.82 Å². The van der Waals surface area contributed by atoms with Gasteiger partial charge in [-0.2, -0.15) is 9.78 Å². The normalized spacial score (nSPS) is 12.3. The lowest BCUT2D eigenvalue weighted by atomic mass is 9.92. The van der Waals surface area contributed by atoms with Crippen molar-refractivity contribution < 1.29 is 9.59 Å². The first-order valence-electron chi connectivity index (χ1n) is 9.98. The minimum absolute atomic E-state index is 0.0550. The molecule has 162 valence electrons. The van der Waals surface area contributed by atoms with Crippen molar-refractivity contribution in [3.8, 4) is 5.82 Å². The van der Waals surface area contributed by atoms with Crippen LogP contribution in [0.25, 0.3) is 5.82 Å². The smallest absolute Gasteiger partial charge is 0.227 e. The second-order valence-electron chi connectivity index (χ2n) is 8.32. The molecule has 0 fully saturated rings. The maximum Gasteiger partial charge on any atom is 0.227 e. The van der Waals surface area contributed by atoms with Crippen LogP contribution in [0.3, 0.4) is 0 Å². The number of rotatable bonds is 6. The van der Waals surface area contributed by atoms with Crippen molar-refractivity contribution in [2.24, 2.45) is 0 Å². The Labute approximate surface area is 186 Å². The van der Waals surface area contributed by atoms with Gasteiger partial charge in [0.25, 0.3) is 0 Å². The van der Waals surface area contributed by atoms with E-state index in [0.717, 1.165) is 11.3 Å². The van der Waals surface area contributed by atoms with Crippen LogP contribution in [0.2, 0.25) is 5.02 Å². The molecule has 3 aromatic rings. The van der Waals surface area contributed by atoms with Crippen LogP contribution in [0.15, 0.2) is 54.7 Å². The summed E-state index contributed by atoms with van der Waals surface area (Å²) in [7, 11) is 0. The van der Waals surface area contributed by atoms with E-state index in [0.29, 0.717) is 16.7 Å². The Hall–Kier alpha value is -3.19. The molecule has 3 rings (SSSR count). The fourth-order valence-corrected chi connectivity index (χ4v) is 3.19. The molecular weight excluding hydrogens is 414 g/mol. The number of nitrogens with one attached hydrogen (secondary N) is 2. The summed E-state index contributed by atoms with van der Waals surface area (Å²) in [5.41, 5.74) is 1.41. The Morgan fingerprint density at radius 3 is 2.42 bits per heavy atom. The molecule has 31 heavy (non-hydrogen) atoms. The van der Waals surface area contributed by atoms with E-state index in [1.807, 2.05) is 24.3 Å². The number of carbonyl (C=O) groups is 2. The lowest BCUT2D eigenvalue weighted by Crippen LogP contribution is -2.30. The predicted octanol–water partition coefficient (Wildman–Crippen LogP) is 4.42. The molecule has 0 saturated heterocycles. The summed E-state index contributed by atoms with van der Waals surface area (Å²) >= 11 is 5.97. The van der Waals surface area contributed by atoms with Crippen molar-refractivity contribution in [3.05, 3.63) is 71.0 Å². The maximum absolute atomic E-state index is 12.9. The standard InChI is InChI=1S/C23H26ClN5O2/c1-15(30)26-18(16-8-10-17(24)11-9-16)13-22(31)27-21-14-19(23(2,3)4)28-29(21)20-7-5-6-12-25-20/h5-12,14,18H,13H2,1-4H3,(H,26,30)(H,27,31). The number of pyridine rings is 1. The maximum atomic E-state index is 12.9. The third kappa shape index (κ3) is 5.92. The van der Waals surface area contributed by atoms with E-state index < -0.39 is 6.04 Å². The van der Waals surface area contributed by atoms with Gasteiger partial charge < -0.3 is 10.6 Å². The zero-order valence-corrected chi connectivity index (χ0v) is 18.8. The molecule has 2 aromatic heterocycles. The highest BCUT2D eigenvalue weighted by Gasteiger charge is 2.23. The predicted molar refractivity (Wildman–Crippen MR) is 121 cm³/mol. The van der Waals surface area contributed by atoms with Crippen molar-refractivity contribution in [3.63, 3.8) is 0 Å². The Balaban J connectivity index is 1.86. The molecule has 0 saturated carbocycles. The number of aromatic nitrogens is 3. The van der Waals surface area contributed by atoms with Crippen molar-refractivity contribution in [1.82, 2.24) is 20.1 Å². The van der Waals surface area contributed by atoms with Crippen LogP contribution in [-0.2, 0) is 15.0 Å². The molecule has 0 bridgehead atoms. The zero-order valence-electron chi connectivity index (χ0n) is 18.0. The molecule has 8 heteroatoms. The van der Waals surface area contributed by atoms with Gasteiger partial charge in [0.05, 0.1) is 18.2 Å². The highest BCUT2D eigenvalue weighted by Crippen LogP contribution is 2.26. The van der Waals surface area contributed by atoms with Crippen LogP contribution in [0.5, 0.6) is 0 Å². The summed E-state index contributed by atoms with van der Waals surface area (Å²) < 4.78 is 1.62. The molecule has 0 aliphatic rings. The van der Waals surface area contributed by atoms with E-state index in [4.69, 9.17) is 11.6 Å². The highest BCUT2D eigenvalue weighted by atomic mass is 35.5. The first-order chi connectivity index (χ1) is 14.6. The Bertz CT molecular complexity index is 1060. The lowest BCUT2D eigenvalue weighted by Gasteiger charge is -2.18. The van der Waals surface area contributed by atoms with Crippen molar-refractivity contribution in [1.29, 1.82) is 0 Å². The molecule has 0 spiro atoms. The monoisotopic (exact) mass is 439 g/mol. The quantitative estimate of drug-likeness (QED) is 0.594. The van der Waals surface area contributed by atoms with Crippen LogP contribution in [0.4, 0.5) is 5.82 Å². The van der Waals surface area contributed by atoms with E-state index in [1.54, 1.807) is 35.1 Å². The molecule has 1 atom stereocenters. The van der Waals surface area contributed by atoms with Gasteiger partial charge in [-0.3, -0.25) is 9.59 Å². The van der Waals surface area contributed by atoms with Gasteiger partial charge in [-0.1, -0.05) is 50.6 Å². The number of anilines is 1. The van der Waals surface area contributed by atoms with E-state index in [9.17, 15) is 9.59 Å². The third-order valence-corrected chi connectivity index (χ3v) is 4.90. The van der Waals surface area contributed by atoms with Gasteiger partial charge in [0, 0.05) is 29.6 Å². The van der Waals surface area contributed by atoms with Gasteiger partial charge >= 0.3 is 0 Å². The van der Waals surface area contributed by atoms with Crippen LogP contribution in [-0.4, -0.2) is 26.6 Å². The Morgan fingerprint density at radius 2 is 1.84 bits per heavy atom. The Kier molecular flexibility index (Phi) is 6.75. The van der Waals surface area contributed by atoms with Gasteiger partial charge in [-0.15, -0.1) is 0 Å². The molecular formula is C23H26ClN5O2. The van der Waals surface area contributed by atoms with Gasteiger partial charge in [0.2, 0.25) is 11.8 Å². The summed E-state index contributed by atoms with van der Waals surface area (Å²) in [5.74, 6) is 0.642. The number of halogens is 1. The molecule has 2 N–H and O–H groups in total. The first kappa shape index (κ1) is 22.5. The minimum atomic E-state index is -0.483. The number of hydrogen-bond acceptors (Lipinski definition) is 4. The average molecular weight is 440 g/mol. The van der Waals surface area contributed by atoms with Crippen molar-refractivity contribution >= 4 is 29.2 Å². The number of hydrogen-bond donors (Lipinski definition) is 2. The van der Waals surface area contributed by atoms with E-state index in [2.05, 4.69) is 41.5 Å². The second-order valence-corrected chi connectivity index (χ2v) is 8.76. The highest BCUT2D eigenvalue weighted by molar-refractivity contribution is 6.30. The van der Waals surface area contributed by atoms with Gasteiger partial charge in [-0.05, 0) is 29.8 Å². The molecule has 2 amide bonds. The minimum Gasteiger partial charge on any atom is -0.349 e. The molecule has 1 aromatic carbocycles. The van der Waals surface area contributed by atoms with Gasteiger partial charge in [-0.25, -0.2) is 4.98 Å². The SMILES string of the molecule is CC(=O)NC(CC(=O)Nc1cc(C(C)(C)C)nn1-c1ccccn1)c1ccc(Cl)cc1.